The Balaban J connectivity index is 1.32. The lowest BCUT2D eigenvalue weighted by Gasteiger charge is -2.32. The molecule has 1 heterocycles. The number of carbonyl (C=O) groups excluding carboxylic acids is 1. The molecule has 1 amide bonds. The minimum absolute atomic E-state index is 0.119. The Morgan fingerprint density at radius 1 is 0.970 bits per heavy atom. The maximum absolute atomic E-state index is 13.0. The second-order valence-corrected chi connectivity index (χ2v) is 9.66. The molecule has 0 saturated carbocycles. The van der Waals surface area contributed by atoms with Crippen LogP contribution in [0.2, 0.25) is 0 Å². The van der Waals surface area contributed by atoms with Crippen LogP contribution in [-0.4, -0.2) is 38.4 Å². The summed E-state index contributed by atoms with van der Waals surface area (Å²) in [5.74, 6) is 0.130. The first-order chi connectivity index (χ1) is 15.9. The monoisotopic (exact) mass is 468 g/mol. The molecule has 0 spiro atoms. The van der Waals surface area contributed by atoms with Gasteiger partial charge in [-0.25, -0.2) is 17.5 Å². The predicted octanol–water partition coefficient (Wildman–Crippen LogP) is 3.99. The van der Waals surface area contributed by atoms with Gasteiger partial charge in [0.1, 0.15) is 18.2 Å². The molecule has 6 nitrogen and oxygen atoms in total. The lowest BCUT2D eigenvalue weighted by Crippen LogP contribution is -2.46. The molecule has 0 unspecified atom stereocenters. The van der Waals surface area contributed by atoms with Crippen molar-refractivity contribution < 1.29 is 22.3 Å². The number of sulfonamides is 1. The number of nitrogens with one attached hydrogen (secondary N) is 1. The van der Waals surface area contributed by atoms with Gasteiger partial charge in [-0.15, -0.1) is 0 Å². The number of carbonyl (C=O) groups is 1. The van der Waals surface area contributed by atoms with Gasteiger partial charge in [-0.1, -0.05) is 36.4 Å². The molecule has 0 aliphatic carbocycles. The van der Waals surface area contributed by atoms with E-state index in [-0.39, 0.29) is 29.3 Å². The van der Waals surface area contributed by atoms with Gasteiger partial charge in [0, 0.05) is 24.7 Å². The quantitative estimate of drug-likeness (QED) is 0.569. The highest BCUT2D eigenvalue weighted by molar-refractivity contribution is 7.89. The molecular weight excluding hydrogens is 443 g/mol. The van der Waals surface area contributed by atoms with Gasteiger partial charge in [-0.05, 0) is 60.9 Å². The van der Waals surface area contributed by atoms with Crippen LogP contribution >= 0.6 is 0 Å². The van der Waals surface area contributed by atoms with Crippen LogP contribution in [0.4, 0.5) is 4.39 Å². The van der Waals surface area contributed by atoms with Gasteiger partial charge < -0.3 is 9.64 Å². The summed E-state index contributed by atoms with van der Waals surface area (Å²) in [4.78, 5) is 14.9. The third kappa shape index (κ3) is 5.97. The van der Waals surface area contributed by atoms with Crippen LogP contribution in [0.3, 0.4) is 0 Å². The minimum atomic E-state index is -3.58. The molecule has 1 aliphatic heterocycles. The van der Waals surface area contributed by atoms with Crippen molar-refractivity contribution in [2.24, 2.45) is 0 Å². The Morgan fingerprint density at radius 3 is 2.36 bits per heavy atom. The summed E-state index contributed by atoms with van der Waals surface area (Å²) < 4.78 is 46.6. The number of piperidine rings is 1. The zero-order chi connectivity index (χ0) is 23.3. The lowest BCUT2D eigenvalue weighted by atomic mass is 10.0. The van der Waals surface area contributed by atoms with Crippen molar-refractivity contribution in [1.82, 2.24) is 9.62 Å². The van der Waals surface area contributed by atoms with Crippen LogP contribution in [0.5, 0.6) is 5.75 Å². The van der Waals surface area contributed by atoms with Gasteiger partial charge in [0.25, 0.3) is 5.91 Å². The van der Waals surface area contributed by atoms with Crippen molar-refractivity contribution in [3.63, 3.8) is 0 Å². The Morgan fingerprint density at radius 2 is 1.67 bits per heavy atom. The summed E-state index contributed by atoms with van der Waals surface area (Å²) in [5.41, 5.74) is 1.34. The van der Waals surface area contributed by atoms with E-state index in [0.29, 0.717) is 37.2 Å². The van der Waals surface area contributed by atoms with Crippen molar-refractivity contribution in [3.05, 3.63) is 95.8 Å². The Labute approximate surface area is 193 Å². The van der Waals surface area contributed by atoms with E-state index >= 15 is 0 Å². The first-order valence-electron chi connectivity index (χ1n) is 10.7. The average Bonchev–Trinajstić information content (AvgIpc) is 2.84. The molecule has 3 aromatic carbocycles. The van der Waals surface area contributed by atoms with E-state index < -0.39 is 10.0 Å². The summed E-state index contributed by atoms with van der Waals surface area (Å²) in [7, 11) is -3.58. The van der Waals surface area contributed by atoms with Crippen LogP contribution in [-0.2, 0) is 16.6 Å². The molecule has 0 atom stereocenters. The molecular formula is C25H25FN2O4S. The van der Waals surface area contributed by atoms with Crippen LogP contribution in [0.15, 0.2) is 83.8 Å². The SMILES string of the molecule is O=C(c1cccc(OCc2ccc(F)cc2)c1)N1CCC(NS(=O)(=O)c2ccccc2)CC1. The number of hydrogen-bond acceptors (Lipinski definition) is 4. The van der Waals surface area contributed by atoms with Crippen LogP contribution in [0.1, 0.15) is 28.8 Å². The second kappa shape index (κ2) is 10.1. The Kier molecular flexibility index (Phi) is 7.05. The predicted molar refractivity (Wildman–Crippen MR) is 123 cm³/mol. The number of likely N-dealkylation sites (tertiary alicyclic amines) is 1. The molecule has 1 saturated heterocycles. The largest absolute Gasteiger partial charge is 0.489 e. The van der Waals surface area contributed by atoms with Gasteiger partial charge in [0.2, 0.25) is 10.0 Å². The summed E-state index contributed by atoms with van der Waals surface area (Å²) >= 11 is 0. The summed E-state index contributed by atoms with van der Waals surface area (Å²) in [6, 6.07) is 21.1. The van der Waals surface area contributed by atoms with E-state index in [0.717, 1.165) is 5.56 Å². The molecule has 1 aliphatic rings. The standard InChI is InChI=1S/C25H25FN2O4S/c26-21-11-9-19(10-12-21)18-32-23-6-4-5-20(17-23)25(29)28-15-13-22(14-16-28)27-33(30,31)24-7-2-1-3-8-24/h1-12,17,22,27H,13-16,18H2. The summed E-state index contributed by atoms with van der Waals surface area (Å²) in [6.45, 7) is 1.19. The highest BCUT2D eigenvalue weighted by Crippen LogP contribution is 2.20. The highest BCUT2D eigenvalue weighted by atomic mass is 32.2. The number of nitrogens with zero attached hydrogens (tertiary/aromatic N) is 1. The fourth-order valence-corrected chi connectivity index (χ4v) is 5.06. The van der Waals surface area contributed by atoms with E-state index in [4.69, 9.17) is 4.74 Å². The molecule has 172 valence electrons. The smallest absolute Gasteiger partial charge is 0.253 e. The van der Waals surface area contributed by atoms with Crippen molar-refractivity contribution in [1.29, 1.82) is 0 Å². The van der Waals surface area contributed by atoms with Gasteiger partial charge in [0.05, 0.1) is 4.90 Å². The third-order valence-electron chi connectivity index (χ3n) is 5.56. The van der Waals surface area contributed by atoms with E-state index in [9.17, 15) is 17.6 Å². The van der Waals surface area contributed by atoms with E-state index in [1.165, 1.54) is 12.1 Å². The first-order valence-corrected chi connectivity index (χ1v) is 12.2. The summed E-state index contributed by atoms with van der Waals surface area (Å²) in [5, 5.41) is 0. The Hall–Kier alpha value is -3.23. The van der Waals surface area contributed by atoms with Gasteiger partial charge in [-0.3, -0.25) is 4.79 Å². The first kappa shape index (κ1) is 22.9. The molecule has 1 fully saturated rings. The molecule has 4 rings (SSSR count). The van der Waals surface area contributed by atoms with Crippen molar-refractivity contribution in [3.8, 4) is 5.75 Å². The van der Waals surface area contributed by atoms with Crippen LogP contribution in [0.25, 0.3) is 0 Å². The molecule has 8 heteroatoms. The zero-order valence-electron chi connectivity index (χ0n) is 18.0. The van der Waals surface area contributed by atoms with Crippen LogP contribution in [0, 0.1) is 5.82 Å². The molecule has 1 N–H and O–H groups in total. The number of benzene rings is 3. The molecule has 0 bridgehead atoms. The zero-order valence-corrected chi connectivity index (χ0v) is 18.8. The second-order valence-electron chi connectivity index (χ2n) is 7.94. The number of hydrogen-bond donors (Lipinski definition) is 1. The molecule has 33 heavy (non-hydrogen) atoms. The fraction of sp³-hybridized carbons (Fsp3) is 0.240. The number of halogens is 1. The third-order valence-corrected chi connectivity index (χ3v) is 7.09. The minimum Gasteiger partial charge on any atom is -0.489 e. The number of ether oxygens (including phenoxy) is 1. The maximum atomic E-state index is 13.0. The van der Waals surface area contributed by atoms with E-state index in [2.05, 4.69) is 4.72 Å². The number of amides is 1. The van der Waals surface area contributed by atoms with Crippen molar-refractivity contribution >= 4 is 15.9 Å². The fourth-order valence-electron chi connectivity index (χ4n) is 3.74. The highest BCUT2D eigenvalue weighted by Gasteiger charge is 2.27. The van der Waals surface area contributed by atoms with E-state index in [1.807, 2.05) is 0 Å². The molecule has 3 aromatic rings. The van der Waals surface area contributed by atoms with Crippen molar-refractivity contribution in [2.75, 3.05) is 13.1 Å². The molecule has 0 radical (unpaired) electrons. The molecule has 0 aromatic heterocycles. The van der Waals surface area contributed by atoms with Crippen molar-refractivity contribution in [2.45, 2.75) is 30.4 Å². The maximum Gasteiger partial charge on any atom is 0.253 e. The summed E-state index contributed by atoms with van der Waals surface area (Å²) in [6.07, 6.45) is 1.08. The Bertz CT molecular complexity index is 1190. The normalized spacial score (nSPS) is 14.8. The van der Waals surface area contributed by atoms with Gasteiger partial charge in [0.15, 0.2) is 0 Å². The van der Waals surface area contributed by atoms with Crippen LogP contribution < -0.4 is 9.46 Å². The average molecular weight is 469 g/mol. The van der Waals surface area contributed by atoms with E-state index in [1.54, 1.807) is 71.6 Å². The van der Waals surface area contributed by atoms with Gasteiger partial charge in [-0.2, -0.15) is 0 Å². The topological polar surface area (TPSA) is 75.7 Å². The number of rotatable bonds is 7. The van der Waals surface area contributed by atoms with Gasteiger partial charge >= 0.3 is 0 Å². The lowest BCUT2D eigenvalue weighted by molar-refractivity contribution is 0.0711.